The Morgan fingerprint density at radius 1 is 1.54 bits per heavy atom. The van der Waals surface area contributed by atoms with Crippen molar-refractivity contribution in [3.05, 3.63) is 28.6 Å². The molecule has 0 aromatic carbocycles. The minimum absolute atomic E-state index is 0.187. The number of rotatable bonds is 1. The van der Waals surface area contributed by atoms with Gasteiger partial charge in [-0.1, -0.05) is 0 Å². The van der Waals surface area contributed by atoms with Gasteiger partial charge in [-0.25, -0.2) is 0 Å². The second-order valence-electron chi connectivity index (χ2n) is 3.24. The van der Waals surface area contributed by atoms with Gasteiger partial charge < -0.3 is 5.73 Å². The topological polar surface area (TPSA) is 62.7 Å². The molecule has 1 rings (SSSR count). The summed E-state index contributed by atoms with van der Waals surface area (Å²) in [5.74, 6) is 0. The summed E-state index contributed by atoms with van der Waals surface area (Å²) in [5, 5.41) is 8.89. The van der Waals surface area contributed by atoms with E-state index in [9.17, 15) is 0 Å². The summed E-state index contributed by atoms with van der Waals surface area (Å²) in [5.41, 5.74) is 8.87. The molecule has 0 bridgehead atoms. The minimum atomic E-state index is -0.187. The van der Waals surface area contributed by atoms with Crippen LogP contribution in [0.25, 0.3) is 0 Å². The van der Waals surface area contributed by atoms with Gasteiger partial charge in [-0.15, -0.1) is 0 Å². The molecule has 3 heteroatoms. The second-order valence-corrected chi connectivity index (χ2v) is 3.24. The Bertz CT molecular complexity index is 361. The second kappa shape index (κ2) is 3.55. The molecule has 0 spiro atoms. The first-order chi connectivity index (χ1) is 6.06. The molecule has 0 aliphatic carbocycles. The summed E-state index contributed by atoms with van der Waals surface area (Å²) >= 11 is 0. The number of nitrogens with two attached hydrogens (primary N) is 1. The van der Waals surface area contributed by atoms with Gasteiger partial charge in [0.1, 0.15) is 6.07 Å². The van der Waals surface area contributed by atoms with Gasteiger partial charge in [-0.05, 0) is 32.4 Å². The van der Waals surface area contributed by atoms with Crippen LogP contribution in [0.15, 0.2) is 6.07 Å². The summed E-state index contributed by atoms with van der Waals surface area (Å²) in [4.78, 5) is 4.26. The maximum absolute atomic E-state index is 8.89. The summed E-state index contributed by atoms with van der Waals surface area (Å²) in [6.07, 6.45) is 0. The van der Waals surface area contributed by atoms with Gasteiger partial charge >= 0.3 is 0 Å². The zero-order valence-corrected chi connectivity index (χ0v) is 8.13. The van der Waals surface area contributed by atoms with Crippen LogP contribution in [-0.4, -0.2) is 4.98 Å². The Morgan fingerprint density at radius 2 is 2.15 bits per heavy atom. The van der Waals surface area contributed by atoms with E-state index in [2.05, 4.69) is 11.1 Å². The van der Waals surface area contributed by atoms with E-state index in [4.69, 9.17) is 11.0 Å². The Morgan fingerprint density at radius 3 is 2.62 bits per heavy atom. The predicted molar refractivity (Wildman–Crippen MR) is 51.0 cm³/mol. The molecule has 0 aliphatic heterocycles. The quantitative estimate of drug-likeness (QED) is 0.705. The molecule has 0 unspecified atom stereocenters. The lowest BCUT2D eigenvalue weighted by Gasteiger charge is -2.09. The van der Waals surface area contributed by atoms with Crippen LogP contribution in [0.4, 0.5) is 0 Å². The lowest BCUT2D eigenvalue weighted by molar-refractivity contribution is 0.769. The van der Waals surface area contributed by atoms with Crippen molar-refractivity contribution in [2.45, 2.75) is 26.8 Å². The Labute approximate surface area is 78.2 Å². The summed E-state index contributed by atoms with van der Waals surface area (Å²) < 4.78 is 0. The normalized spacial score (nSPS) is 12.2. The molecular weight excluding hydrogens is 162 g/mol. The highest BCUT2D eigenvalue weighted by atomic mass is 14.8. The van der Waals surface area contributed by atoms with Crippen molar-refractivity contribution in [2.75, 3.05) is 0 Å². The summed E-state index contributed by atoms with van der Waals surface area (Å²) in [6, 6.07) is 3.84. The molecule has 1 aromatic rings. The van der Waals surface area contributed by atoms with Gasteiger partial charge in [0.2, 0.25) is 0 Å². The smallest absolute Gasteiger partial charge is 0.101 e. The van der Waals surface area contributed by atoms with Crippen molar-refractivity contribution < 1.29 is 0 Å². The highest BCUT2D eigenvalue weighted by Crippen LogP contribution is 2.17. The highest BCUT2D eigenvalue weighted by molar-refractivity contribution is 5.42. The van der Waals surface area contributed by atoms with Gasteiger partial charge in [-0.3, -0.25) is 4.98 Å². The first kappa shape index (κ1) is 9.69. The van der Waals surface area contributed by atoms with Gasteiger partial charge in [0.25, 0.3) is 0 Å². The molecule has 0 aliphatic rings. The fourth-order valence-electron chi connectivity index (χ4n) is 1.34. The van der Waals surface area contributed by atoms with Crippen LogP contribution >= 0.6 is 0 Å². The fraction of sp³-hybridized carbons (Fsp3) is 0.400. The van der Waals surface area contributed by atoms with Crippen LogP contribution in [-0.2, 0) is 0 Å². The molecule has 0 fully saturated rings. The van der Waals surface area contributed by atoms with Crippen LogP contribution in [0.1, 0.15) is 35.5 Å². The zero-order valence-electron chi connectivity index (χ0n) is 8.13. The predicted octanol–water partition coefficient (Wildman–Crippen LogP) is 1.59. The third-order valence-corrected chi connectivity index (χ3v) is 1.92. The number of aromatic nitrogens is 1. The molecule has 1 atom stereocenters. The van der Waals surface area contributed by atoms with Crippen molar-refractivity contribution in [3.8, 4) is 6.07 Å². The molecule has 3 nitrogen and oxygen atoms in total. The SMILES string of the molecule is Cc1cc(C)c(C#N)c([C@@H](C)N)n1. The largest absolute Gasteiger partial charge is 0.323 e. The van der Waals surface area contributed by atoms with Gasteiger partial charge in [-0.2, -0.15) is 5.26 Å². The minimum Gasteiger partial charge on any atom is -0.323 e. The van der Waals surface area contributed by atoms with Gasteiger partial charge in [0.05, 0.1) is 11.3 Å². The van der Waals surface area contributed by atoms with Crippen LogP contribution in [0.3, 0.4) is 0 Å². The molecule has 1 heterocycles. The average molecular weight is 175 g/mol. The van der Waals surface area contributed by atoms with Crippen molar-refractivity contribution in [1.29, 1.82) is 5.26 Å². The average Bonchev–Trinajstić information content (AvgIpc) is 2.02. The standard InChI is InChI=1S/C10H13N3/c1-6-4-7(2)13-10(8(3)12)9(6)5-11/h4,8H,12H2,1-3H3/t8-/m1/s1. The highest BCUT2D eigenvalue weighted by Gasteiger charge is 2.11. The van der Waals surface area contributed by atoms with Crippen molar-refractivity contribution >= 4 is 0 Å². The fourth-order valence-corrected chi connectivity index (χ4v) is 1.34. The Balaban J connectivity index is 3.41. The molecule has 68 valence electrons. The molecule has 0 saturated carbocycles. The molecule has 2 N–H and O–H groups in total. The van der Waals surface area contributed by atoms with E-state index in [1.165, 1.54) is 0 Å². The van der Waals surface area contributed by atoms with Crippen molar-refractivity contribution in [3.63, 3.8) is 0 Å². The first-order valence-electron chi connectivity index (χ1n) is 4.20. The number of aryl methyl sites for hydroxylation is 2. The first-order valence-corrected chi connectivity index (χ1v) is 4.20. The number of nitrogens with zero attached hydrogens (tertiary/aromatic N) is 2. The van der Waals surface area contributed by atoms with Crippen LogP contribution in [0.5, 0.6) is 0 Å². The molecule has 13 heavy (non-hydrogen) atoms. The Kier molecular flexibility index (Phi) is 2.64. The van der Waals surface area contributed by atoms with Crippen LogP contribution < -0.4 is 5.73 Å². The molecule has 0 amide bonds. The van der Waals surface area contributed by atoms with Crippen LogP contribution in [0.2, 0.25) is 0 Å². The lowest BCUT2D eigenvalue weighted by atomic mass is 10.0. The maximum Gasteiger partial charge on any atom is 0.101 e. The van der Waals surface area contributed by atoms with E-state index < -0.39 is 0 Å². The number of hydrogen-bond acceptors (Lipinski definition) is 3. The van der Waals surface area contributed by atoms with Gasteiger partial charge in [0, 0.05) is 11.7 Å². The summed E-state index contributed by atoms with van der Waals surface area (Å²) in [7, 11) is 0. The van der Waals surface area contributed by atoms with Crippen LogP contribution in [0, 0.1) is 25.2 Å². The summed E-state index contributed by atoms with van der Waals surface area (Å²) in [6.45, 7) is 5.64. The van der Waals surface area contributed by atoms with Crippen molar-refractivity contribution in [1.82, 2.24) is 4.98 Å². The van der Waals surface area contributed by atoms with Gasteiger partial charge in [0.15, 0.2) is 0 Å². The number of pyridine rings is 1. The third-order valence-electron chi connectivity index (χ3n) is 1.92. The number of nitriles is 1. The van der Waals surface area contributed by atoms with E-state index in [0.717, 1.165) is 11.3 Å². The number of hydrogen-bond donors (Lipinski definition) is 1. The Hall–Kier alpha value is -1.40. The molecule has 1 aromatic heterocycles. The zero-order chi connectivity index (χ0) is 10.0. The van der Waals surface area contributed by atoms with E-state index in [0.29, 0.717) is 11.3 Å². The molecule has 0 radical (unpaired) electrons. The maximum atomic E-state index is 8.89. The molecule has 0 saturated heterocycles. The monoisotopic (exact) mass is 175 g/mol. The van der Waals surface area contributed by atoms with E-state index in [1.54, 1.807) is 0 Å². The van der Waals surface area contributed by atoms with Crippen molar-refractivity contribution in [2.24, 2.45) is 5.73 Å². The van der Waals surface area contributed by atoms with E-state index in [-0.39, 0.29) is 6.04 Å². The van der Waals surface area contributed by atoms with E-state index >= 15 is 0 Å². The van der Waals surface area contributed by atoms with E-state index in [1.807, 2.05) is 26.8 Å². The molecular formula is C10H13N3. The lowest BCUT2D eigenvalue weighted by Crippen LogP contribution is -2.11. The third kappa shape index (κ3) is 1.85.